The van der Waals surface area contributed by atoms with Crippen molar-refractivity contribution in [3.8, 4) is 28.1 Å². The minimum atomic E-state index is -0.536. The maximum atomic E-state index is 13.1. The van der Waals surface area contributed by atoms with Crippen molar-refractivity contribution < 1.29 is 23.6 Å². The van der Waals surface area contributed by atoms with Crippen molar-refractivity contribution in [3.63, 3.8) is 0 Å². The number of nitrogens with one attached hydrogen (secondary N) is 1. The second-order valence-corrected chi connectivity index (χ2v) is 14.4. The highest BCUT2D eigenvalue weighted by Gasteiger charge is 2.51. The molecule has 1 aromatic heterocycles. The highest BCUT2D eigenvalue weighted by molar-refractivity contribution is 6.62. The Kier molecular flexibility index (Phi) is 6.53. The monoisotopic (exact) mass is 583 g/mol. The van der Waals surface area contributed by atoms with Gasteiger partial charge in [-0.05, 0) is 115 Å². The number of carbonyl (C=O) groups is 1. The Bertz CT molecular complexity index is 1590. The highest BCUT2D eigenvalue weighted by Crippen LogP contribution is 2.45. The molecule has 4 aliphatic rings. The van der Waals surface area contributed by atoms with E-state index in [2.05, 4.69) is 63.0 Å². The van der Waals surface area contributed by atoms with Gasteiger partial charge in [-0.1, -0.05) is 18.2 Å². The Hall–Kier alpha value is -3.30. The molecule has 9 heteroatoms. The van der Waals surface area contributed by atoms with E-state index in [0.29, 0.717) is 13.2 Å². The van der Waals surface area contributed by atoms with Gasteiger partial charge in [-0.15, -0.1) is 0 Å². The van der Waals surface area contributed by atoms with E-state index in [9.17, 15) is 4.79 Å². The van der Waals surface area contributed by atoms with Crippen LogP contribution in [0.15, 0.2) is 30.3 Å². The molecule has 1 aliphatic carbocycles. The first-order chi connectivity index (χ1) is 20.3. The Morgan fingerprint density at radius 3 is 2.51 bits per heavy atom. The third-order valence-electron chi connectivity index (χ3n) is 9.68. The third-order valence-corrected chi connectivity index (χ3v) is 9.68. The van der Waals surface area contributed by atoms with E-state index in [1.54, 1.807) is 0 Å². The maximum Gasteiger partial charge on any atom is 0.494 e. The lowest BCUT2D eigenvalue weighted by Gasteiger charge is -2.35. The van der Waals surface area contributed by atoms with E-state index in [1.807, 2.05) is 25.7 Å². The zero-order chi connectivity index (χ0) is 30.3. The summed E-state index contributed by atoms with van der Waals surface area (Å²) in [5.41, 5.74) is 7.62. The molecule has 0 bridgehead atoms. The number of aromatic nitrogens is 2. The number of aryl methyl sites for hydroxylation is 2. The zero-order valence-electron chi connectivity index (χ0n) is 26.4. The molecule has 1 amide bonds. The molecule has 2 aromatic carbocycles. The molecular formula is C34H42BN3O5. The van der Waals surface area contributed by atoms with Crippen LogP contribution < -0.4 is 10.2 Å². The van der Waals surface area contributed by atoms with Crippen LogP contribution in [0, 0.1) is 0 Å². The van der Waals surface area contributed by atoms with Crippen molar-refractivity contribution >= 4 is 18.7 Å². The van der Waals surface area contributed by atoms with Gasteiger partial charge in [0.2, 0.25) is 0 Å². The predicted octanol–water partition coefficient (Wildman–Crippen LogP) is 6.50. The molecule has 1 atom stereocenters. The fourth-order valence-electron chi connectivity index (χ4n) is 6.66. The number of benzene rings is 2. The van der Waals surface area contributed by atoms with Gasteiger partial charge >= 0.3 is 13.2 Å². The number of amides is 1. The molecule has 7 rings (SSSR count). The van der Waals surface area contributed by atoms with Crippen LogP contribution in [-0.2, 0) is 33.5 Å². The minimum Gasteiger partial charge on any atom is -0.488 e. The standard InChI is InChI=1S/C34H42BN3O5/c1-32(2,3)41-31(39)38-15-9-8-10-27(38)30-36-26-14-11-20-17-25-23-13-12-22(35-42-33(4,5)34(6,7)43-35)16-21(23)19-40-28(25)18-24(20)29(26)37-30/h12-13,16-18,27H,8-11,14-15,19H2,1-7H3,(H,36,37)/t27-/m0/s1. The van der Waals surface area contributed by atoms with Crippen molar-refractivity contribution in [1.82, 2.24) is 14.9 Å². The summed E-state index contributed by atoms with van der Waals surface area (Å²) in [6.45, 7) is 15.2. The van der Waals surface area contributed by atoms with Crippen LogP contribution in [-0.4, -0.2) is 51.4 Å². The van der Waals surface area contributed by atoms with Gasteiger partial charge in [-0.3, -0.25) is 4.90 Å². The van der Waals surface area contributed by atoms with Crippen molar-refractivity contribution in [2.45, 2.75) is 110 Å². The number of fused-ring (bicyclic) bond motifs is 6. The van der Waals surface area contributed by atoms with Crippen LogP contribution in [0.2, 0.25) is 0 Å². The predicted molar refractivity (Wildman–Crippen MR) is 166 cm³/mol. The Labute approximate surface area is 254 Å². The molecule has 3 aromatic rings. The fraction of sp³-hybridized carbons (Fsp3) is 0.529. The molecule has 0 saturated carbocycles. The van der Waals surface area contributed by atoms with Crippen LogP contribution in [0.25, 0.3) is 22.4 Å². The van der Waals surface area contributed by atoms with E-state index >= 15 is 0 Å². The quantitative estimate of drug-likeness (QED) is 0.347. The highest BCUT2D eigenvalue weighted by atomic mass is 16.7. The molecule has 2 saturated heterocycles. The second-order valence-electron chi connectivity index (χ2n) is 14.4. The van der Waals surface area contributed by atoms with Crippen molar-refractivity contribution in [1.29, 1.82) is 0 Å². The first-order valence-corrected chi connectivity index (χ1v) is 15.7. The lowest BCUT2D eigenvalue weighted by Crippen LogP contribution is -2.42. The molecule has 43 heavy (non-hydrogen) atoms. The molecule has 0 unspecified atom stereocenters. The first-order valence-electron chi connectivity index (χ1n) is 15.7. The molecule has 3 aliphatic heterocycles. The van der Waals surface area contributed by atoms with Gasteiger partial charge < -0.3 is 23.8 Å². The fourth-order valence-corrected chi connectivity index (χ4v) is 6.66. The topological polar surface area (TPSA) is 85.9 Å². The summed E-state index contributed by atoms with van der Waals surface area (Å²) in [6.07, 6.45) is 4.43. The molecule has 0 radical (unpaired) electrons. The Morgan fingerprint density at radius 2 is 1.77 bits per heavy atom. The van der Waals surface area contributed by atoms with E-state index < -0.39 is 12.7 Å². The van der Waals surface area contributed by atoms with Crippen LogP contribution in [0.3, 0.4) is 0 Å². The summed E-state index contributed by atoms with van der Waals surface area (Å²) in [7, 11) is -0.400. The van der Waals surface area contributed by atoms with Gasteiger partial charge in [0, 0.05) is 23.4 Å². The molecule has 4 heterocycles. The van der Waals surface area contributed by atoms with E-state index in [4.69, 9.17) is 23.8 Å². The van der Waals surface area contributed by atoms with Gasteiger partial charge in [0.15, 0.2) is 0 Å². The summed E-state index contributed by atoms with van der Waals surface area (Å²) in [5, 5.41) is 0. The summed E-state index contributed by atoms with van der Waals surface area (Å²) in [5.74, 6) is 1.72. The number of hydrogen-bond acceptors (Lipinski definition) is 6. The number of imidazole rings is 1. The Balaban J connectivity index is 1.18. The molecule has 2 fully saturated rings. The van der Waals surface area contributed by atoms with Crippen LogP contribution in [0.5, 0.6) is 5.75 Å². The molecule has 226 valence electrons. The summed E-state index contributed by atoms with van der Waals surface area (Å²) in [6, 6.07) is 10.8. The second kappa shape index (κ2) is 9.86. The van der Waals surface area contributed by atoms with Crippen molar-refractivity contribution in [2.75, 3.05) is 6.54 Å². The smallest absolute Gasteiger partial charge is 0.488 e. The average molecular weight is 584 g/mol. The van der Waals surface area contributed by atoms with Crippen molar-refractivity contribution in [2.24, 2.45) is 0 Å². The molecule has 0 spiro atoms. The lowest BCUT2D eigenvalue weighted by atomic mass is 9.76. The SMILES string of the molecule is CC(C)(C)OC(=O)N1CCCC[C@H]1c1nc2c([nH]1)CCc1cc3c(cc1-2)OCc1cc(B2OC(C)(C)C(C)(C)O2)ccc1-3. The zero-order valence-corrected chi connectivity index (χ0v) is 26.4. The van der Waals surface area contributed by atoms with Gasteiger partial charge in [0.1, 0.15) is 23.8 Å². The normalized spacial score (nSPS) is 21.8. The van der Waals surface area contributed by atoms with Gasteiger partial charge in [0.25, 0.3) is 0 Å². The number of rotatable bonds is 2. The summed E-state index contributed by atoms with van der Waals surface area (Å²) >= 11 is 0. The van der Waals surface area contributed by atoms with Crippen LogP contribution in [0.4, 0.5) is 4.79 Å². The number of aromatic amines is 1. The number of hydrogen-bond donors (Lipinski definition) is 1. The van der Waals surface area contributed by atoms with E-state index in [-0.39, 0.29) is 23.3 Å². The molecular weight excluding hydrogens is 541 g/mol. The number of ether oxygens (including phenoxy) is 2. The largest absolute Gasteiger partial charge is 0.494 e. The van der Waals surface area contributed by atoms with Gasteiger partial charge in [-0.2, -0.15) is 0 Å². The van der Waals surface area contributed by atoms with Gasteiger partial charge in [0.05, 0.1) is 22.9 Å². The maximum absolute atomic E-state index is 13.1. The Morgan fingerprint density at radius 1 is 1.00 bits per heavy atom. The van der Waals surface area contributed by atoms with E-state index in [0.717, 1.165) is 77.2 Å². The summed E-state index contributed by atoms with van der Waals surface area (Å²) in [4.78, 5) is 23.7. The van der Waals surface area contributed by atoms with Crippen LogP contribution in [0.1, 0.15) is 96.4 Å². The first kappa shape index (κ1) is 28.5. The van der Waals surface area contributed by atoms with E-state index in [1.165, 1.54) is 11.1 Å². The minimum absolute atomic E-state index is 0.114. The molecule has 1 N–H and O–H groups in total. The summed E-state index contributed by atoms with van der Waals surface area (Å²) < 4.78 is 24.7. The number of piperidine rings is 1. The number of likely N-dealkylation sites (tertiary alicyclic amines) is 1. The number of carbonyl (C=O) groups excluding carboxylic acids is 1. The number of nitrogens with zero attached hydrogens (tertiary/aromatic N) is 2. The third kappa shape index (κ3) is 4.94. The average Bonchev–Trinajstić information content (AvgIpc) is 3.48. The van der Waals surface area contributed by atoms with Gasteiger partial charge in [-0.25, -0.2) is 9.78 Å². The lowest BCUT2D eigenvalue weighted by molar-refractivity contribution is 0.00578. The molecule has 8 nitrogen and oxygen atoms in total. The number of H-pyrrole nitrogens is 1. The van der Waals surface area contributed by atoms with Crippen molar-refractivity contribution in [3.05, 3.63) is 53.0 Å². The van der Waals surface area contributed by atoms with Crippen LogP contribution >= 0.6 is 0 Å².